The molecule has 0 aliphatic carbocycles. The number of nitrogens with one attached hydrogen (secondary N) is 1. The standard InChI is InChI=1S/C8H12N6O2/c1-15-5(3-9)2-7-11-8(13-16-7)6-4-10-14-12-6/h4-5H,2-3,9H2,1H3,(H,10,12,14). The Morgan fingerprint density at radius 1 is 1.62 bits per heavy atom. The molecular weight excluding hydrogens is 212 g/mol. The topological polar surface area (TPSA) is 116 Å². The van der Waals surface area contributed by atoms with Gasteiger partial charge in [-0.2, -0.15) is 20.4 Å². The fourth-order valence-electron chi connectivity index (χ4n) is 1.21. The molecule has 0 aliphatic heterocycles. The van der Waals surface area contributed by atoms with E-state index in [9.17, 15) is 0 Å². The predicted molar refractivity (Wildman–Crippen MR) is 53.2 cm³/mol. The molecule has 0 fully saturated rings. The van der Waals surface area contributed by atoms with Crippen molar-refractivity contribution >= 4 is 0 Å². The van der Waals surface area contributed by atoms with Crippen LogP contribution in [0.4, 0.5) is 0 Å². The molecule has 0 radical (unpaired) electrons. The Morgan fingerprint density at radius 3 is 3.12 bits per heavy atom. The van der Waals surface area contributed by atoms with E-state index in [0.717, 1.165) is 0 Å². The van der Waals surface area contributed by atoms with E-state index >= 15 is 0 Å². The highest BCUT2D eigenvalue weighted by Crippen LogP contribution is 2.11. The van der Waals surface area contributed by atoms with E-state index in [2.05, 4.69) is 25.6 Å². The fourth-order valence-corrected chi connectivity index (χ4v) is 1.21. The van der Waals surface area contributed by atoms with Gasteiger partial charge in [0, 0.05) is 13.7 Å². The molecule has 0 spiro atoms. The van der Waals surface area contributed by atoms with Gasteiger partial charge in [0.05, 0.1) is 18.7 Å². The van der Waals surface area contributed by atoms with Gasteiger partial charge in [0.2, 0.25) is 11.7 Å². The highest BCUT2D eigenvalue weighted by Gasteiger charge is 2.14. The molecular formula is C8H12N6O2. The van der Waals surface area contributed by atoms with Gasteiger partial charge < -0.3 is 15.0 Å². The fraction of sp³-hybridized carbons (Fsp3) is 0.500. The Labute approximate surface area is 91.2 Å². The summed E-state index contributed by atoms with van der Waals surface area (Å²) in [5.74, 6) is 0.867. The van der Waals surface area contributed by atoms with Crippen molar-refractivity contribution in [2.75, 3.05) is 13.7 Å². The van der Waals surface area contributed by atoms with Crippen molar-refractivity contribution in [1.82, 2.24) is 25.6 Å². The summed E-state index contributed by atoms with van der Waals surface area (Å²) in [6, 6.07) is 0. The maximum absolute atomic E-state index is 5.49. The van der Waals surface area contributed by atoms with Crippen LogP contribution in [-0.2, 0) is 11.2 Å². The molecule has 2 heterocycles. The van der Waals surface area contributed by atoms with Gasteiger partial charge in [-0.15, -0.1) is 0 Å². The van der Waals surface area contributed by atoms with E-state index in [1.807, 2.05) is 0 Å². The second-order valence-electron chi connectivity index (χ2n) is 3.16. The molecule has 8 heteroatoms. The van der Waals surface area contributed by atoms with Gasteiger partial charge >= 0.3 is 0 Å². The first-order valence-electron chi connectivity index (χ1n) is 4.75. The molecule has 16 heavy (non-hydrogen) atoms. The van der Waals surface area contributed by atoms with Gasteiger partial charge in [-0.25, -0.2) is 0 Å². The van der Waals surface area contributed by atoms with Crippen LogP contribution in [0.1, 0.15) is 5.89 Å². The average Bonchev–Trinajstić information content (AvgIpc) is 2.96. The van der Waals surface area contributed by atoms with Crippen molar-refractivity contribution in [3.63, 3.8) is 0 Å². The summed E-state index contributed by atoms with van der Waals surface area (Å²) < 4.78 is 10.2. The van der Waals surface area contributed by atoms with Crippen LogP contribution in [0.15, 0.2) is 10.7 Å². The molecule has 0 saturated carbocycles. The monoisotopic (exact) mass is 224 g/mol. The molecule has 1 atom stereocenters. The van der Waals surface area contributed by atoms with Crippen molar-refractivity contribution < 1.29 is 9.26 Å². The van der Waals surface area contributed by atoms with E-state index in [4.69, 9.17) is 15.0 Å². The Bertz CT molecular complexity index is 421. The van der Waals surface area contributed by atoms with Crippen molar-refractivity contribution in [2.45, 2.75) is 12.5 Å². The van der Waals surface area contributed by atoms with Gasteiger partial charge in [0.15, 0.2) is 5.69 Å². The smallest absolute Gasteiger partial charge is 0.229 e. The second kappa shape index (κ2) is 4.81. The zero-order valence-corrected chi connectivity index (χ0v) is 8.75. The number of rotatable bonds is 5. The minimum absolute atomic E-state index is 0.120. The number of nitrogens with two attached hydrogens (primary N) is 1. The second-order valence-corrected chi connectivity index (χ2v) is 3.16. The summed E-state index contributed by atoms with van der Waals surface area (Å²) in [6.45, 7) is 0.401. The summed E-state index contributed by atoms with van der Waals surface area (Å²) in [5.41, 5.74) is 6.03. The molecule has 0 aromatic carbocycles. The molecule has 2 aromatic heterocycles. The van der Waals surface area contributed by atoms with Crippen LogP contribution >= 0.6 is 0 Å². The number of aromatic nitrogens is 5. The van der Waals surface area contributed by atoms with Crippen LogP contribution < -0.4 is 5.73 Å². The SMILES string of the molecule is COC(CN)Cc1nc(-c2cn[nH]n2)no1. The molecule has 8 nitrogen and oxygen atoms in total. The highest BCUT2D eigenvalue weighted by molar-refractivity contribution is 5.44. The van der Waals surface area contributed by atoms with Crippen LogP contribution in [0.5, 0.6) is 0 Å². The molecule has 86 valence electrons. The molecule has 0 amide bonds. The minimum Gasteiger partial charge on any atom is -0.380 e. The first-order chi connectivity index (χ1) is 7.83. The molecule has 2 rings (SSSR count). The average molecular weight is 224 g/mol. The third kappa shape index (κ3) is 2.23. The van der Waals surface area contributed by atoms with E-state index in [1.165, 1.54) is 6.20 Å². The quantitative estimate of drug-likeness (QED) is 0.694. The van der Waals surface area contributed by atoms with Crippen molar-refractivity contribution in [2.24, 2.45) is 5.73 Å². The number of hydrogen-bond acceptors (Lipinski definition) is 7. The lowest BCUT2D eigenvalue weighted by Crippen LogP contribution is -2.24. The third-order valence-corrected chi connectivity index (χ3v) is 2.11. The maximum atomic E-state index is 5.49. The molecule has 0 aliphatic rings. The van der Waals surface area contributed by atoms with Crippen LogP contribution in [0.3, 0.4) is 0 Å². The van der Waals surface area contributed by atoms with E-state index in [0.29, 0.717) is 30.4 Å². The first-order valence-corrected chi connectivity index (χ1v) is 4.75. The summed E-state index contributed by atoms with van der Waals surface area (Å²) in [4.78, 5) is 4.15. The maximum Gasteiger partial charge on any atom is 0.229 e. The lowest BCUT2D eigenvalue weighted by atomic mass is 10.2. The predicted octanol–water partition coefficient (Wildman–Crippen LogP) is -0.629. The third-order valence-electron chi connectivity index (χ3n) is 2.11. The van der Waals surface area contributed by atoms with Gasteiger partial charge in [-0.1, -0.05) is 5.16 Å². The van der Waals surface area contributed by atoms with Crippen molar-refractivity contribution in [3.8, 4) is 11.5 Å². The van der Waals surface area contributed by atoms with E-state index < -0.39 is 0 Å². The normalized spacial score (nSPS) is 12.9. The molecule has 3 N–H and O–H groups in total. The Morgan fingerprint density at radius 2 is 2.50 bits per heavy atom. The van der Waals surface area contributed by atoms with Gasteiger partial charge in [-0.3, -0.25) is 0 Å². The molecule has 0 bridgehead atoms. The molecule has 2 aromatic rings. The molecule has 1 unspecified atom stereocenters. The van der Waals surface area contributed by atoms with Crippen LogP contribution in [0.2, 0.25) is 0 Å². The first kappa shape index (κ1) is 10.7. The Hall–Kier alpha value is -1.80. The lowest BCUT2D eigenvalue weighted by molar-refractivity contribution is 0.102. The number of aromatic amines is 1. The zero-order chi connectivity index (χ0) is 11.4. The minimum atomic E-state index is -0.120. The number of methoxy groups -OCH3 is 1. The van der Waals surface area contributed by atoms with Crippen LogP contribution in [0.25, 0.3) is 11.5 Å². The lowest BCUT2D eigenvalue weighted by Gasteiger charge is -2.08. The highest BCUT2D eigenvalue weighted by atomic mass is 16.5. The van der Waals surface area contributed by atoms with Crippen molar-refractivity contribution in [3.05, 3.63) is 12.1 Å². The van der Waals surface area contributed by atoms with Crippen molar-refractivity contribution in [1.29, 1.82) is 0 Å². The summed E-state index contributed by atoms with van der Waals surface area (Å²) in [5, 5.41) is 13.8. The van der Waals surface area contributed by atoms with E-state index in [1.54, 1.807) is 7.11 Å². The summed E-state index contributed by atoms with van der Waals surface area (Å²) >= 11 is 0. The number of nitrogens with zero attached hydrogens (tertiary/aromatic N) is 4. The van der Waals surface area contributed by atoms with E-state index in [-0.39, 0.29) is 6.10 Å². The summed E-state index contributed by atoms with van der Waals surface area (Å²) in [7, 11) is 1.59. The summed E-state index contributed by atoms with van der Waals surface area (Å²) in [6.07, 6.45) is 1.88. The Balaban J connectivity index is 2.08. The number of H-pyrrole nitrogens is 1. The van der Waals surface area contributed by atoms with Gasteiger partial charge in [0.25, 0.3) is 0 Å². The van der Waals surface area contributed by atoms with Gasteiger partial charge in [-0.05, 0) is 0 Å². The largest absolute Gasteiger partial charge is 0.380 e. The Kier molecular flexibility index (Phi) is 3.22. The van der Waals surface area contributed by atoms with Gasteiger partial charge in [0.1, 0.15) is 0 Å². The molecule has 0 saturated heterocycles. The number of ether oxygens (including phenoxy) is 1. The van der Waals surface area contributed by atoms with Crippen LogP contribution in [0, 0.1) is 0 Å². The van der Waals surface area contributed by atoms with Crippen LogP contribution in [-0.4, -0.2) is 45.3 Å². The zero-order valence-electron chi connectivity index (χ0n) is 8.75. The number of hydrogen-bond donors (Lipinski definition) is 2.